The third kappa shape index (κ3) is 7.31. The number of hydrogen-bond donors (Lipinski definition) is 2. The first-order chi connectivity index (χ1) is 19.9. The molecular weight excluding hydrogens is 548 g/mol. The van der Waals surface area contributed by atoms with Crippen molar-refractivity contribution in [2.75, 3.05) is 13.1 Å². The van der Waals surface area contributed by atoms with E-state index < -0.39 is 24.1 Å². The zero-order valence-corrected chi connectivity index (χ0v) is 26.1. The minimum atomic E-state index is -0.996. The number of amides is 3. The van der Waals surface area contributed by atoms with E-state index in [2.05, 4.69) is 24.2 Å². The van der Waals surface area contributed by atoms with E-state index in [4.69, 9.17) is 0 Å². The normalized spacial score (nSPS) is 19.9. The highest BCUT2D eigenvalue weighted by Gasteiger charge is 2.42. The summed E-state index contributed by atoms with van der Waals surface area (Å²) in [7, 11) is 0. The van der Waals surface area contributed by atoms with Gasteiger partial charge < -0.3 is 15.3 Å². The number of thioether (sulfide) groups is 1. The number of benzene rings is 2. The molecular formula is C33H42N4O4S. The molecule has 2 heterocycles. The Bertz CT molecular complexity index is 1340. The summed E-state index contributed by atoms with van der Waals surface area (Å²) in [6.07, 6.45) is 1.11. The van der Waals surface area contributed by atoms with E-state index in [1.807, 2.05) is 88.4 Å². The molecule has 2 N–H and O–H groups in total. The quantitative estimate of drug-likeness (QED) is 0.429. The second-order valence-corrected chi connectivity index (χ2v) is 13.9. The smallest absolute Gasteiger partial charge is 0.250 e. The Morgan fingerprint density at radius 2 is 1.67 bits per heavy atom. The highest BCUT2D eigenvalue weighted by atomic mass is 32.2. The van der Waals surface area contributed by atoms with Crippen LogP contribution in [0.15, 0.2) is 71.9 Å². The predicted octanol–water partition coefficient (Wildman–Crippen LogP) is 4.35. The van der Waals surface area contributed by atoms with Gasteiger partial charge in [0.25, 0.3) is 5.91 Å². The number of aliphatic imine (C=N–C) groups is 1. The van der Waals surface area contributed by atoms with Gasteiger partial charge >= 0.3 is 0 Å². The summed E-state index contributed by atoms with van der Waals surface area (Å²) in [6.45, 7) is 11.9. The maximum Gasteiger partial charge on any atom is 0.250 e. The lowest BCUT2D eigenvalue weighted by Crippen LogP contribution is -2.58. The largest absolute Gasteiger partial charge is 0.384 e. The zero-order chi connectivity index (χ0) is 30.6. The third-order valence-corrected chi connectivity index (χ3v) is 8.66. The minimum absolute atomic E-state index is 0.127. The molecule has 9 heteroatoms. The van der Waals surface area contributed by atoms with Gasteiger partial charge in [-0.3, -0.25) is 24.3 Å². The van der Waals surface area contributed by atoms with Crippen LogP contribution in [0.25, 0.3) is 5.70 Å². The number of aliphatic hydroxyl groups excluding tert-OH is 1. The molecule has 2 aliphatic heterocycles. The van der Waals surface area contributed by atoms with Crippen molar-refractivity contribution >= 4 is 40.2 Å². The number of nitrogens with zero attached hydrogens (tertiary/aromatic N) is 3. The van der Waals surface area contributed by atoms with Crippen molar-refractivity contribution in [3.05, 3.63) is 78.0 Å². The van der Waals surface area contributed by atoms with Crippen LogP contribution in [0.1, 0.15) is 52.7 Å². The summed E-state index contributed by atoms with van der Waals surface area (Å²) in [5, 5.41) is 15.0. The standard InChI is InChI=1S/C33H42N4O4S/c1-21(2)28-32(41)36(26(24-15-11-8-12-16-24)18-37(28)31(40)22(3)4)19-27(38)35-25(17-23-13-9-7-10-14-23)29(39)30-34-20-33(5,6)42-30/h7-16,18,21-22,25,28-29,39H,17,19-20H2,1-6H3,(H,35,38)/t25-,28+,29?/m0/s1. The van der Waals surface area contributed by atoms with Gasteiger partial charge in [0.15, 0.2) is 0 Å². The molecule has 0 aliphatic carbocycles. The van der Waals surface area contributed by atoms with Crippen LogP contribution in [0.4, 0.5) is 0 Å². The fourth-order valence-electron chi connectivity index (χ4n) is 5.23. The van der Waals surface area contributed by atoms with Crippen LogP contribution in [0.5, 0.6) is 0 Å². The summed E-state index contributed by atoms with van der Waals surface area (Å²) in [5.74, 6) is -1.34. The second kappa shape index (κ2) is 13.3. The van der Waals surface area contributed by atoms with Gasteiger partial charge in [0.05, 0.1) is 23.3 Å². The molecule has 8 nitrogen and oxygen atoms in total. The summed E-state index contributed by atoms with van der Waals surface area (Å²) in [5.41, 5.74) is 2.17. The lowest BCUT2D eigenvalue weighted by atomic mass is 9.95. The van der Waals surface area contributed by atoms with Gasteiger partial charge in [0.2, 0.25) is 11.8 Å². The molecule has 224 valence electrons. The van der Waals surface area contributed by atoms with Crippen molar-refractivity contribution in [2.45, 2.75) is 70.9 Å². The van der Waals surface area contributed by atoms with Crippen LogP contribution >= 0.6 is 11.8 Å². The number of carbonyl (C=O) groups excluding carboxylic acids is 3. The molecule has 3 amide bonds. The zero-order valence-electron chi connectivity index (χ0n) is 25.3. The van der Waals surface area contributed by atoms with Gasteiger partial charge in [-0.2, -0.15) is 0 Å². The molecule has 42 heavy (non-hydrogen) atoms. The van der Waals surface area contributed by atoms with E-state index in [1.54, 1.807) is 6.20 Å². The molecule has 0 radical (unpaired) electrons. The van der Waals surface area contributed by atoms with E-state index in [1.165, 1.54) is 21.6 Å². The number of carbonyl (C=O) groups is 3. The van der Waals surface area contributed by atoms with E-state index >= 15 is 0 Å². The number of aliphatic hydroxyl groups is 1. The second-order valence-electron chi connectivity index (χ2n) is 12.2. The first-order valence-electron chi connectivity index (χ1n) is 14.5. The minimum Gasteiger partial charge on any atom is -0.384 e. The van der Waals surface area contributed by atoms with Crippen LogP contribution in [-0.4, -0.2) is 73.7 Å². The van der Waals surface area contributed by atoms with Crippen LogP contribution in [0.2, 0.25) is 0 Å². The van der Waals surface area contributed by atoms with Gasteiger partial charge in [-0.05, 0) is 37.3 Å². The highest BCUT2D eigenvalue weighted by Crippen LogP contribution is 2.34. The van der Waals surface area contributed by atoms with Crippen LogP contribution in [0.3, 0.4) is 0 Å². The SMILES string of the molecule is CC(C)C(=O)N1C=C(c2ccccc2)N(CC(=O)N[C@@H](Cc2ccccc2)C(O)C2=NCC(C)(C)S2)C(=O)[C@H]1C(C)C. The van der Waals surface area contributed by atoms with Crippen molar-refractivity contribution in [2.24, 2.45) is 16.8 Å². The summed E-state index contributed by atoms with van der Waals surface area (Å²) in [6, 6.07) is 17.6. The van der Waals surface area contributed by atoms with E-state index in [9.17, 15) is 19.5 Å². The number of nitrogens with one attached hydrogen (secondary N) is 1. The van der Waals surface area contributed by atoms with Crippen molar-refractivity contribution in [3.63, 3.8) is 0 Å². The Morgan fingerprint density at radius 3 is 2.21 bits per heavy atom. The van der Waals surface area contributed by atoms with Crippen molar-refractivity contribution in [1.82, 2.24) is 15.1 Å². The summed E-state index contributed by atoms with van der Waals surface area (Å²) in [4.78, 5) is 48.6. The van der Waals surface area contributed by atoms with Crippen LogP contribution in [-0.2, 0) is 20.8 Å². The van der Waals surface area contributed by atoms with Crippen molar-refractivity contribution in [3.8, 4) is 0 Å². The number of rotatable bonds is 10. The monoisotopic (exact) mass is 590 g/mol. The first-order valence-corrected chi connectivity index (χ1v) is 15.3. The Kier molecular flexibility index (Phi) is 9.94. The maximum atomic E-state index is 14.1. The molecule has 0 saturated carbocycles. The molecule has 0 aromatic heterocycles. The average Bonchev–Trinajstić information content (AvgIpc) is 3.32. The molecule has 2 aliphatic rings. The first kappa shape index (κ1) is 31.5. The van der Waals surface area contributed by atoms with Crippen LogP contribution in [0, 0.1) is 11.8 Å². The average molecular weight is 591 g/mol. The van der Waals surface area contributed by atoms with E-state index in [0.29, 0.717) is 23.7 Å². The van der Waals surface area contributed by atoms with E-state index in [0.717, 1.165) is 11.1 Å². The molecule has 0 saturated heterocycles. The molecule has 1 unspecified atom stereocenters. The molecule has 4 rings (SSSR count). The van der Waals surface area contributed by atoms with Crippen molar-refractivity contribution < 1.29 is 19.5 Å². The Balaban J connectivity index is 1.64. The molecule has 0 fully saturated rings. The molecule has 0 spiro atoms. The summed E-state index contributed by atoms with van der Waals surface area (Å²) >= 11 is 1.52. The third-order valence-electron chi connectivity index (χ3n) is 7.40. The van der Waals surface area contributed by atoms with Gasteiger partial charge in [-0.1, -0.05) is 88.4 Å². The van der Waals surface area contributed by atoms with Gasteiger partial charge in [0, 0.05) is 16.9 Å². The Hall–Kier alpha value is -3.43. The van der Waals surface area contributed by atoms with Crippen LogP contribution < -0.4 is 5.32 Å². The fraction of sp³-hybridized carbons (Fsp3) is 0.455. The summed E-state index contributed by atoms with van der Waals surface area (Å²) < 4.78 is -0.127. The van der Waals surface area contributed by atoms with Gasteiger partial charge in [-0.25, -0.2) is 0 Å². The molecule has 2 aromatic carbocycles. The topological polar surface area (TPSA) is 102 Å². The van der Waals surface area contributed by atoms with E-state index in [-0.39, 0.29) is 34.9 Å². The molecule has 3 atom stereocenters. The molecule has 0 bridgehead atoms. The fourth-order valence-corrected chi connectivity index (χ4v) is 6.34. The maximum absolute atomic E-state index is 14.1. The van der Waals surface area contributed by atoms with Gasteiger partial charge in [0.1, 0.15) is 18.7 Å². The van der Waals surface area contributed by atoms with Crippen molar-refractivity contribution in [1.29, 1.82) is 0 Å². The number of hydrogen-bond acceptors (Lipinski definition) is 6. The lowest BCUT2D eigenvalue weighted by molar-refractivity contribution is -0.147. The highest BCUT2D eigenvalue weighted by molar-refractivity contribution is 8.15. The Labute approximate surface area is 253 Å². The Morgan fingerprint density at radius 1 is 1.05 bits per heavy atom. The molecule has 2 aromatic rings. The predicted molar refractivity (Wildman–Crippen MR) is 168 cm³/mol. The van der Waals surface area contributed by atoms with Gasteiger partial charge in [-0.15, -0.1) is 11.8 Å². The lowest BCUT2D eigenvalue weighted by Gasteiger charge is -2.41.